The maximum absolute atomic E-state index is 12.1. The fourth-order valence-corrected chi connectivity index (χ4v) is 1.67. The number of carbonyl (C=O) groups excluding carboxylic acids is 1. The van der Waals surface area contributed by atoms with Gasteiger partial charge in [-0.2, -0.15) is 13.2 Å². The van der Waals surface area contributed by atoms with Gasteiger partial charge >= 0.3 is 6.18 Å². The SMILES string of the molecule is NC(=O)c1cc(NCc2ccnc(OCC(F)(F)F)c2)ccn1. The van der Waals surface area contributed by atoms with E-state index in [9.17, 15) is 18.0 Å². The molecule has 0 aliphatic carbocycles. The van der Waals surface area contributed by atoms with E-state index < -0.39 is 18.7 Å². The van der Waals surface area contributed by atoms with Gasteiger partial charge in [0.15, 0.2) is 6.61 Å². The predicted molar refractivity (Wildman–Crippen MR) is 75.9 cm³/mol. The third-order valence-electron chi connectivity index (χ3n) is 2.69. The van der Waals surface area contributed by atoms with Crippen LogP contribution in [-0.4, -0.2) is 28.7 Å². The Labute approximate surface area is 129 Å². The molecule has 0 atom stereocenters. The van der Waals surface area contributed by atoms with E-state index in [1.807, 2.05) is 0 Å². The molecule has 0 bridgehead atoms. The van der Waals surface area contributed by atoms with Crippen molar-refractivity contribution in [3.8, 4) is 5.88 Å². The summed E-state index contributed by atoms with van der Waals surface area (Å²) in [6.45, 7) is -1.10. The molecule has 0 spiro atoms. The average molecular weight is 326 g/mol. The standard InChI is InChI=1S/C14H13F3N4O2/c15-14(16,17)8-23-12-5-9(1-3-20-12)7-21-10-2-4-19-11(6-10)13(18)22/h1-6H,7-8H2,(H2,18,22)(H,19,21). The number of alkyl halides is 3. The highest BCUT2D eigenvalue weighted by Gasteiger charge is 2.28. The van der Waals surface area contributed by atoms with Crippen LogP contribution in [0.25, 0.3) is 0 Å². The van der Waals surface area contributed by atoms with Gasteiger partial charge in [0.2, 0.25) is 5.88 Å². The first kappa shape index (κ1) is 16.5. The number of carbonyl (C=O) groups is 1. The summed E-state index contributed by atoms with van der Waals surface area (Å²) >= 11 is 0. The Morgan fingerprint density at radius 2 is 1.96 bits per heavy atom. The van der Waals surface area contributed by atoms with Crippen LogP contribution in [-0.2, 0) is 6.54 Å². The molecule has 0 fully saturated rings. The van der Waals surface area contributed by atoms with Gasteiger partial charge in [0.05, 0.1) is 0 Å². The van der Waals surface area contributed by atoms with Gasteiger partial charge in [0, 0.05) is 30.7 Å². The van der Waals surface area contributed by atoms with E-state index in [1.165, 1.54) is 24.5 Å². The fourth-order valence-electron chi connectivity index (χ4n) is 1.67. The number of primary amides is 1. The molecule has 23 heavy (non-hydrogen) atoms. The molecule has 0 aliphatic heterocycles. The molecule has 0 unspecified atom stereocenters. The van der Waals surface area contributed by atoms with Crippen molar-refractivity contribution in [2.45, 2.75) is 12.7 Å². The lowest BCUT2D eigenvalue weighted by atomic mass is 10.2. The lowest BCUT2D eigenvalue weighted by molar-refractivity contribution is -0.154. The predicted octanol–water partition coefficient (Wildman–Crippen LogP) is 2.13. The topological polar surface area (TPSA) is 90.1 Å². The molecule has 0 radical (unpaired) electrons. The number of nitrogens with one attached hydrogen (secondary N) is 1. The van der Waals surface area contributed by atoms with Crippen molar-refractivity contribution in [3.05, 3.63) is 47.9 Å². The normalized spacial score (nSPS) is 11.1. The van der Waals surface area contributed by atoms with Gasteiger partial charge in [-0.15, -0.1) is 0 Å². The molecular formula is C14H13F3N4O2. The minimum absolute atomic E-state index is 0.110. The van der Waals surface area contributed by atoms with E-state index in [1.54, 1.807) is 12.1 Å². The summed E-state index contributed by atoms with van der Waals surface area (Å²) in [6.07, 6.45) is -1.64. The lowest BCUT2D eigenvalue weighted by Gasteiger charge is -2.10. The maximum Gasteiger partial charge on any atom is 0.422 e. The number of hydrogen-bond donors (Lipinski definition) is 2. The molecule has 2 rings (SSSR count). The zero-order valence-corrected chi connectivity index (χ0v) is 11.8. The number of nitrogens with zero attached hydrogens (tertiary/aromatic N) is 2. The van der Waals surface area contributed by atoms with Crippen molar-refractivity contribution < 1.29 is 22.7 Å². The molecule has 2 heterocycles. The quantitative estimate of drug-likeness (QED) is 0.849. The van der Waals surface area contributed by atoms with Gasteiger partial charge in [-0.1, -0.05) is 0 Å². The summed E-state index contributed by atoms with van der Waals surface area (Å²) in [5.74, 6) is -0.769. The van der Waals surface area contributed by atoms with E-state index in [4.69, 9.17) is 5.73 Å². The zero-order chi connectivity index (χ0) is 16.9. The van der Waals surface area contributed by atoms with Crippen LogP contribution in [0.3, 0.4) is 0 Å². The molecule has 9 heteroatoms. The number of pyridine rings is 2. The Morgan fingerprint density at radius 1 is 1.22 bits per heavy atom. The fraction of sp³-hybridized carbons (Fsp3) is 0.214. The summed E-state index contributed by atoms with van der Waals surface area (Å²) in [7, 11) is 0. The molecule has 0 aromatic carbocycles. The number of hydrogen-bond acceptors (Lipinski definition) is 5. The van der Waals surface area contributed by atoms with Gasteiger partial charge in [-0.05, 0) is 23.8 Å². The number of ether oxygens (including phenoxy) is 1. The molecule has 0 saturated carbocycles. The van der Waals surface area contributed by atoms with Crippen molar-refractivity contribution in [3.63, 3.8) is 0 Å². The van der Waals surface area contributed by atoms with Crippen LogP contribution in [0.4, 0.5) is 18.9 Å². The second-order valence-electron chi connectivity index (χ2n) is 4.55. The second kappa shape index (κ2) is 6.95. The number of nitrogens with two attached hydrogens (primary N) is 1. The van der Waals surface area contributed by atoms with Crippen LogP contribution >= 0.6 is 0 Å². The number of anilines is 1. The van der Waals surface area contributed by atoms with Crippen molar-refractivity contribution in [1.82, 2.24) is 9.97 Å². The van der Waals surface area contributed by atoms with Gasteiger partial charge in [-0.3, -0.25) is 9.78 Å². The monoisotopic (exact) mass is 326 g/mol. The number of halogens is 3. The van der Waals surface area contributed by atoms with Crippen LogP contribution in [0, 0.1) is 0 Å². The van der Waals surface area contributed by atoms with Crippen LogP contribution < -0.4 is 15.8 Å². The third-order valence-corrected chi connectivity index (χ3v) is 2.69. The second-order valence-corrected chi connectivity index (χ2v) is 4.55. The molecule has 0 saturated heterocycles. The van der Waals surface area contributed by atoms with Crippen molar-refractivity contribution >= 4 is 11.6 Å². The van der Waals surface area contributed by atoms with E-state index >= 15 is 0 Å². The maximum atomic E-state index is 12.1. The van der Waals surface area contributed by atoms with E-state index in [2.05, 4.69) is 20.0 Å². The summed E-state index contributed by atoms with van der Waals surface area (Å²) in [6, 6.07) is 6.14. The summed E-state index contributed by atoms with van der Waals surface area (Å²) < 4.78 is 40.9. The molecule has 6 nitrogen and oxygen atoms in total. The first-order valence-electron chi connectivity index (χ1n) is 6.48. The number of rotatable bonds is 6. The van der Waals surface area contributed by atoms with Crippen molar-refractivity contribution in [1.29, 1.82) is 0 Å². The Bertz CT molecular complexity index is 692. The van der Waals surface area contributed by atoms with Gasteiger partial charge < -0.3 is 15.8 Å². The summed E-state index contributed by atoms with van der Waals surface area (Å²) in [5, 5.41) is 3.00. The smallest absolute Gasteiger partial charge is 0.422 e. The zero-order valence-electron chi connectivity index (χ0n) is 11.8. The number of aromatic nitrogens is 2. The van der Waals surface area contributed by atoms with Crippen LogP contribution in [0.1, 0.15) is 16.1 Å². The Balaban J connectivity index is 1.98. The van der Waals surface area contributed by atoms with Gasteiger partial charge in [-0.25, -0.2) is 4.98 Å². The Hall–Kier alpha value is -2.84. The first-order valence-corrected chi connectivity index (χ1v) is 6.48. The molecule has 2 aromatic rings. The summed E-state index contributed by atoms with van der Waals surface area (Å²) in [5.41, 5.74) is 6.50. The minimum Gasteiger partial charge on any atom is -0.468 e. The van der Waals surface area contributed by atoms with E-state index in [0.717, 1.165) is 0 Å². The Morgan fingerprint density at radius 3 is 2.65 bits per heavy atom. The number of amides is 1. The molecule has 3 N–H and O–H groups in total. The van der Waals surface area contributed by atoms with Gasteiger partial charge in [0.25, 0.3) is 5.91 Å². The highest BCUT2D eigenvalue weighted by atomic mass is 19.4. The summed E-state index contributed by atoms with van der Waals surface area (Å²) in [4.78, 5) is 18.6. The highest BCUT2D eigenvalue weighted by molar-refractivity contribution is 5.91. The largest absolute Gasteiger partial charge is 0.468 e. The van der Waals surface area contributed by atoms with E-state index in [0.29, 0.717) is 17.8 Å². The van der Waals surface area contributed by atoms with E-state index in [-0.39, 0.29) is 11.6 Å². The van der Waals surface area contributed by atoms with Crippen molar-refractivity contribution in [2.75, 3.05) is 11.9 Å². The molecule has 0 aliphatic rings. The minimum atomic E-state index is -4.42. The molecule has 122 valence electrons. The van der Waals surface area contributed by atoms with Crippen LogP contribution in [0.2, 0.25) is 0 Å². The van der Waals surface area contributed by atoms with Crippen LogP contribution in [0.15, 0.2) is 36.7 Å². The lowest BCUT2D eigenvalue weighted by Crippen LogP contribution is -2.19. The molecule has 2 aromatic heterocycles. The van der Waals surface area contributed by atoms with Crippen LogP contribution in [0.5, 0.6) is 5.88 Å². The highest BCUT2D eigenvalue weighted by Crippen LogP contribution is 2.18. The van der Waals surface area contributed by atoms with Crippen molar-refractivity contribution in [2.24, 2.45) is 5.73 Å². The van der Waals surface area contributed by atoms with Gasteiger partial charge in [0.1, 0.15) is 5.69 Å². The first-order chi connectivity index (χ1) is 10.8. The third kappa shape index (κ3) is 5.46. The average Bonchev–Trinajstić information content (AvgIpc) is 2.51. The Kier molecular flexibility index (Phi) is 4.99. The molecular weight excluding hydrogens is 313 g/mol. The molecule has 1 amide bonds.